The number of hydrogen-bond acceptors (Lipinski definition) is 4. The second-order valence-corrected chi connectivity index (χ2v) is 6.43. The number of ether oxygens (including phenoxy) is 2. The number of alkyl halides is 3. The van der Waals surface area contributed by atoms with Crippen molar-refractivity contribution in [3.05, 3.63) is 59.2 Å². The maximum Gasteiger partial charge on any atom is 0.416 e. The summed E-state index contributed by atoms with van der Waals surface area (Å²) < 4.78 is 49.0. The van der Waals surface area contributed by atoms with Crippen LogP contribution >= 0.6 is 0 Å². The van der Waals surface area contributed by atoms with Gasteiger partial charge in [0.05, 0.1) is 11.5 Å². The number of fused-ring (bicyclic) bond motifs is 1. The molecule has 0 aromatic heterocycles. The standard InChI is InChI=1S/C20H17F3O5/c1-2-19(18(25)26,14-7-8-16-17(9-14)28-11-27-16)15(10-24)12-3-5-13(6-4-12)20(21,22)23/h3-10,15H,2,11H2,1H3,(H,25,26). The van der Waals surface area contributed by atoms with Gasteiger partial charge in [-0.1, -0.05) is 25.1 Å². The summed E-state index contributed by atoms with van der Waals surface area (Å²) in [5.41, 5.74) is -2.06. The highest BCUT2D eigenvalue weighted by atomic mass is 19.4. The molecule has 1 aliphatic rings. The van der Waals surface area contributed by atoms with Gasteiger partial charge in [-0.25, -0.2) is 0 Å². The molecule has 0 saturated carbocycles. The van der Waals surface area contributed by atoms with E-state index in [2.05, 4.69) is 0 Å². The van der Waals surface area contributed by atoms with E-state index in [0.29, 0.717) is 23.3 Å². The molecular formula is C20H17F3O5. The summed E-state index contributed by atoms with van der Waals surface area (Å²) in [6, 6.07) is 8.55. The predicted octanol–water partition coefficient (Wildman–Crippen LogP) is 4.15. The molecule has 2 unspecified atom stereocenters. The predicted molar refractivity (Wildman–Crippen MR) is 92.4 cm³/mol. The molecule has 2 atom stereocenters. The van der Waals surface area contributed by atoms with Gasteiger partial charge < -0.3 is 19.4 Å². The summed E-state index contributed by atoms with van der Waals surface area (Å²) >= 11 is 0. The summed E-state index contributed by atoms with van der Waals surface area (Å²) in [6.07, 6.45) is -4.03. The van der Waals surface area contributed by atoms with Crippen molar-refractivity contribution >= 4 is 12.3 Å². The Morgan fingerprint density at radius 1 is 1.11 bits per heavy atom. The summed E-state index contributed by atoms with van der Waals surface area (Å²) in [6.45, 7) is 1.61. The van der Waals surface area contributed by atoms with Crippen LogP contribution in [0.25, 0.3) is 0 Å². The normalized spacial score (nSPS) is 16.3. The lowest BCUT2D eigenvalue weighted by molar-refractivity contribution is -0.146. The van der Waals surface area contributed by atoms with E-state index in [0.717, 1.165) is 24.3 Å². The molecule has 8 heteroatoms. The highest BCUT2D eigenvalue weighted by molar-refractivity contribution is 5.88. The maximum atomic E-state index is 12.8. The number of halogens is 3. The molecule has 2 aromatic carbocycles. The molecule has 5 nitrogen and oxygen atoms in total. The van der Waals surface area contributed by atoms with Gasteiger partial charge in [0, 0.05) is 0 Å². The quantitative estimate of drug-likeness (QED) is 0.746. The number of carbonyl (C=O) groups is 2. The molecule has 28 heavy (non-hydrogen) atoms. The first-order chi connectivity index (χ1) is 13.2. The third-order valence-electron chi connectivity index (χ3n) is 5.09. The third kappa shape index (κ3) is 3.19. The van der Waals surface area contributed by atoms with E-state index in [-0.39, 0.29) is 18.8 Å². The van der Waals surface area contributed by atoms with Crippen LogP contribution < -0.4 is 9.47 Å². The lowest BCUT2D eigenvalue weighted by Gasteiger charge is -2.34. The van der Waals surface area contributed by atoms with Crippen LogP contribution in [0.3, 0.4) is 0 Å². The minimum Gasteiger partial charge on any atom is -0.481 e. The van der Waals surface area contributed by atoms with Gasteiger partial charge in [0.2, 0.25) is 6.79 Å². The molecule has 0 amide bonds. The fourth-order valence-corrected chi connectivity index (χ4v) is 3.54. The first-order valence-electron chi connectivity index (χ1n) is 8.50. The van der Waals surface area contributed by atoms with Crippen LogP contribution in [-0.4, -0.2) is 24.2 Å². The molecule has 0 aliphatic carbocycles. The number of carbonyl (C=O) groups excluding carboxylic acids is 1. The van der Waals surface area contributed by atoms with E-state index in [1.807, 2.05) is 0 Å². The summed E-state index contributed by atoms with van der Waals surface area (Å²) in [7, 11) is 0. The van der Waals surface area contributed by atoms with Gasteiger partial charge in [-0.2, -0.15) is 13.2 Å². The minimum absolute atomic E-state index is 0.000989. The fourth-order valence-electron chi connectivity index (χ4n) is 3.54. The zero-order valence-corrected chi connectivity index (χ0v) is 14.8. The van der Waals surface area contributed by atoms with Crippen molar-refractivity contribution in [2.45, 2.75) is 30.9 Å². The molecule has 0 radical (unpaired) electrons. The van der Waals surface area contributed by atoms with Gasteiger partial charge in [0.1, 0.15) is 11.7 Å². The molecule has 3 rings (SSSR count). The molecular weight excluding hydrogens is 377 g/mol. The van der Waals surface area contributed by atoms with Crippen molar-refractivity contribution in [1.29, 1.82) is 0 Å². The Hall–Kier alpha value is -3.03. The number of carboxylic acid groups (broad SMARTS) is 1. The number of aldehydes is 1. The molecule has 0 saturated heterocycles. The molecule has 0 fully saturated rings. The Balaban J connectivity index is 2.11. The molecule has 0 bridgehead atoms. The van der Waals surface area contributed by atoms with E-state index in [4.69, 9.17) is 9.47 Å². The van der Waals surface area contributed by atoms with Crippen LogP contribution in [0, 0.1) is 0 Å². The van der Waals surface area contributed by atoms with Crippen molar-refractivity contribution in [2.75, 3.05) is 6.79 Å². The molecule has 1 aliphatic heterocycles. The average molecular weight is 394 g/mol. The van der Waals surface area contributed by atoms with Crippen molar-refractivity contribution < 1.29 is 37.3 Å². The van der Waals surface area contributed by atoms with E-state index in [1.54, 1.807) is 13.0 Å². The van der Waals surface area contributed by atoms with Gasteiger partial charge in [0.15, 0.2) is 11.5 Å². The lowest BCUT2D eigenvalue weighted by atomic mass is 9.66. The topological polar surface area (TPSA) is 72.8 Å². The average Bonchev–Trinajstić information content (AvgIpc) is 3.13. The molecule has 0 spiro atoms. The number of carboxylic acids is 1. The van der Waals surface area contributed by atoms with E-state index in [1.165, 1.54) is 12.1 Å². The van der Waals surface area contributed by atoms with Crippen LogP contribution in [-0.2, 0) is 21.2 Å². The van der Waals surface area contributed by atoms with Gasteiger partial charge in [-0.05, 0) is 41.8 Å². The second kappa shape index (κ2) is 7.18. The van der Waals surface area contributed by atoms with E-state index >= 15 is 0 Å². The molecule has 1 N–H and O–H groups in total. The Morgan fingerprint density at radius 2 is 1.71 bits per heavy atom. The smallest absolute Gasteiger partial charge is 0.416 e. The number of hydrogen-bond donors (Lipinski definition) is 1. The van der Waals surface area contributed by atoms with Gasteiger partial charge >= 0.3 is 12.1 Å². The monoisotopic (exact) mass is 394 g/mol. The third-order valence-corrected chi connectivity index (χ3v) is 5.09. The Morgan fingerprint density at radius 3 is 2.25 bits per heavy atom. The fraction of sp³-hybridized carbons (Fsp3) is 0.300. The first-order valence-corrected chi connectivity index (χ1v) is 8.50. The van der Waals surface area contributed by atoms with Crippen LogP contribution in [0.4, 0.5) is 13.2 Å². The Kier molecular flexibility index (Phi) is 5.06. The minimum atomic E-state index is -4.53. The zero-order chi connectivity index (χ0) is 20.5. The van der Waals surface area contributed by atoms with Crippen LogP contribution in [0.5, 0.6) is 11.5 Å². The van der Waals surface area contributed by atoms with E-state index in [9.17, 15) is 27.9 Å². The summed E-state index contributed by atoms with van der Waals surface area (Å²) in [5, 5.41) is 10.1. The summed E-state index contributed by atoms with van der Waals surface area (Å²) in [4.78, 5) is 24.3. The van der Waals surface area contributed by atoms with Crippen LogP contribution in [0.1, 0.15) is 36.0 Å². The number of benzene rings is 2. The first kappa shape index (κ1) is 19.7. The maximum absolute atomic E-state index is 12.8. The van der Waals surface area contributed by atoms with Crippen molar-refractivity contribution in [3.8, 4) is 11.5 Å². The van der Waals surface area contributed by atoms with Gasteiger partial charge in [-0.15, -0.1) is 0 Å². The molecule has 1 heterocycles. The van der Waals surface area contributed by atoms with Gasteiger partial charge in [-0.3, -0.25) is 4.79 Å². The molecule has 2 aromatic rings. The SMILES string of the molecule is CCC(C(=O)O)(c1ccc2c(c1)OCO2)C(C=O)c1ccc(C(F)(F)F)cc1. The van der Waals surface area contributed by atoms with Crippen molar-refractivity contribution in [2.24, 2.45) is 0 Å². The Bertz CT molecular complexity index is 892. The lowest BCUT2D eigenvalue weighted by Crippen LogP contribution is -2.42. The largest absolute Gasteiger partial charge is 0.481 e. The van der Waals surface area contributed by atoms with E-state index < -0.39 is 29.0 Å². The second-order valence-electron chi connectivity index (χ2n) is 6.43. The number of aliphatic carboxylic acids is 1. The number of rotatable bonds is 6. The molecule has 148 valence electrons. The Labute approximate surface area is 158 Å². The van der Waals surface area contributed by atoms with Crippen molar-refractivity contribution in [3.63, 3.8) is 0 Å². The van der Waals surface area contributed by atoms with Crippen LogP contribution in [0.2, 0.25) is 0 Å². The van der Waals surface area contributed by atoms with Crippen LogP contribution in [0.15, 0.2) is 42.5 Å². The van der Waals surface area contributed by atoms with Gasteiger partial charge in [0.25, 0.3) is 0 Å². The summed E-state index contributed by atoms with van der Waals surface area (Å²) in [5.74, 6) is -1.64. The highest BCUT2D eigenvalue weighted by Gasteiger charge is 2.47. The zero-order valence-electron chi connectivity index (χ0n) is 14.8. The highest BCUT2D eigenvalue weighted by Crippen LogP contribution is 2.45. The van der Waals surface area contributed by atoms with Crippen molar-refractivity contribution in [1.82, 2.24) is 0 Å².